The standard InChI is InChI=1S/C14H32NO2.C10H23N.ClH/c1-4-5-6-7-8-9-10-15(2,3)11-13-17-14-12-16;1-4-5-6-7-8-9-10-11(2)3;/h16H,4-14H2,1-3H3;4-10H2,1-3H3;1H/q+1;;/p-1. The number of hydrogen-bond donors (Lipinski definition) is 1. The molecular formula is C24H55ClN2O2. The molecule has 0 aromatic rings. The second kappa shape index (κ2) is 26.2. The van der Waals surface area contributed by atoms with Gasteiger partial charge in [0.1, 0.15) is 6.54 Å². The van der Waals surface area contributed by atoms with Crippen molar-refractivity contribution in [1.82, 2.24) is 4.90 Å². The van der Waals surface area contributed by atoms with Crippen LogP contribution in [-0.2, 0) is 4.74 Å². The first-order chi connectivity index (χ1) is 13.4. The van der Waals surface area contributed by atoms with Gasteiger partial charge in [-0.15, -0.1) is 0 Å². The molecule has 29 heavy (non-hydrogen) atoms. The van der Waals surface area contributed by atoms with Gasteiger partial charge >= 0.3 is 0 Å². The third kappa shape index (κ3) is 33.0. The first-order valence-corrected chi connectivity index (χ1v) is 12.0. The van der Waals surface area contributed by atoms with Crippen molar-refractivity contribution in [2.75, 3.05) is 67.6 Å². The summed E-state index contributed by atoms with van der Waals surface area (Å²) in [5, 5.41) is 8.61. The number of hydrogen-bond acceptors (Lipinski definition) is 3. The number of rotatable bonds is 19. The molecule has 0 aromatic heterocycles. The van der Waals surface area contributed by atoms with Crippen LogP contribution in [-0.4, -0.2) is 82.1 Å². The molecule has 0 saturated carbocycles. The average molecular weight is 439 g/mol. The van der Waals surface area contributed by atoms with Crippen molar-refractivity contribution in [3.8, 4) is 0 Å². The molecule has 0 aliphatic carbocycles. The first-order valence-electron chi connectivity index (χ1n) is 12.0. The Kier molecular flexibility index (Phi) is 30.5. The van der Waals surface area contributed by atoms with Crippen molar-refractivity contribution < 1.29 is 26.7 Å². The van der Waals surface area contributed by atoms with Gasteiger partial charge < -0.3 is 31.6 Å². The molecule has 5 heteroatoms. The van der Waals surface area contributed by atoms with Gasteiger partial charge in [0, 0.05) is 0 Å². The Morgan fingerprint density at radius 2 is 1.17 bits per heavy atom. The number of nitrogens with zero attached hydrogens (tertiary/aromatic N) is 2. The fraction of sp³-hybridized carbons (Fsp3) is 1.00. The zero-order valence-corrected chi connectivity index (χ0v) is 21.6. The summed E-state index contributed by atoms with van der Waals surface area (Å²) in [4.78, 5) is 2.26. The highest BCUT2D eigenvalue weighted by Gasteiger charge is 2.13. The lowest BCUT2D eigenvalue weighted by molar-refractivity contribution is -0.891. The van der Waals surface area contributed by atoms with Crippen molar-refractivity contribution in [3.63, 3.8) is 0 Å². The van der Waals surface area contributed by atoms with Gasteiger partial charge in [0.25, 0.3) is 0 Å². The fourth-order valence-electron chi connectivity index (χ4n) is 3.12. The van der Waals surface area contributed by atoms with Crippen LogP contribution in [0.2, 0.25) is 0 Å². The smallest absolute Gasteiger partial charge is 0.102 e. The van der Waals surface area contributed by atoms with E-state index in [2.05, 4.69) is 46.9 Å². The minimum Gasteiger partial charge on any atom is -1.00 e. The van der Waals surface area contributed by atoms with Crippen LogP contribution in [0.25, 0.3) is 0 Å². The van der Waals surface area contributed by atoms with E-state index < -0.39 is 0 Å². The summed E-state index contributed by atoms with van der Waals surface area (Å²) in [5.74, 6) is 0. The zero-order valence-electron chi connectivity index (χ0n) is 20.9. The first kappa shape index (κ1) is 33.8. The Morgan fingerprint density at radius 1 is 0.690 bits per heavy atom. The van der Waals surface area contributed by atoms with Crippen molar-refractivity contribution in [1.29, 1.82) is 0 Å². The van der Waals surface area contributed by atoms with E-state index >= 15 is 0 Å². The quantitative estimate of drug-likeness (QED) is 0.248. The summed E-state index contributed by atoms with van der Waals surface area (Å²) in [6.45, 7) is 9.40. The van der Waals surface area contributed by atoms with Gasteiger partial charge in [0.2, 0.25) is 0 Å². The van der Waals surface area contributed by atoms with Gasteiger partial charge in [-0.2, -0.15) is 0 Å². The van der Waals surface area contributed by atoms with Crippen LogP contribution < -0.4 is 12.4 Å². The number of ether oxygens (including phenoxy) is 1. The summed E-state index contributed by atoms with van der Waals surface area (Å²) in [6.07, 6.45) is 16.6. The molecule has 0 bridgehead atoms. The maximum atomic E-state index is 8.61. The highest BCUT2D eigenvalue weighted by Crippen LogP contribution is 2.08. The maximum Gasteiger partial charge on any atom is 0.102 e. The fourth-order valence-corrected chi connectivity index (χ4v) is 3.12. The van der Waals surface area contributed by atoms with Crippen molar-refractivity contribution >= 4 is 0 Å². The van der Waals surface area contributed by atoms with Crippen LogP contribution in [0.3, 0.4) is 0 Å². The maximum absolute atomic E-state index is 8.61. The van der Waals surface area contributed by atoms with E-state index in [9.17, 15) is 0 Å². The number of quaternary nitrogens is 1. The highest BCUT2D eigenvalue weighted by atomic mass is 35.5. The topological polar surface area (TPSA) is 32.7 Å². The van der Waals surface area contributed by atoms with E-state index in [0.29, 0.717) is 6.61 Å². The number of likely N-dealkylation sites (N-methyl/N-ethyl adjacent to an activating group) is 1. The van der Waals surface area contributed by atoms with E-state index in [1.165, 1.54) is 90.1 Å². The molecule has 0 rings (SSSR count). The normalized spacial score (nSPS) is 11.2. The van der Waals surface area contributed by atoms with Crippen molar-refractivity contribution in [2.24, 2.45) is 0 Å². The summed E-state index contributed by atoms with van der Waals surface area (Å²) in [5.41, 5.74) is 0. The Labute approximate surface area is 190 Å². The minimum atomic E-state index is 0. The predicted molar refractivity (Wildman–Crippen MR) is 125 cm³/mol. The van der Waals surface area contributed by atoms with E-state index in [4.69, 9.17) is 9.84 Å². The SMILES string of the molecule is CCCCCCCCN(C)C.CCCCCCCC[N+](C)(C)CCOCCO.[Cl-]. The monoisotopic (exact) mass is 438 g/mol. The van der Waals surface area contributed by atoms with Crippen LogP contribution in [0, 0.1) is 0 Å². The molecule has 0 unspecified atom stereocenters. The third-order valence-electron chi connectivity index (χ3n) is 5.15. The Bertz CT molecular complexity index is 290. The molecule has 180 valence electrons. The van der Waals surface area contributed by atoms with Crippen LogP contribution >= 0.6 is 0 Å². The molecule has 0 fully saturated rings. The van der Waals surface area contributed by atoms with Gasteiger partial charge in [-0.05, 0) is 39.9 Å². The lowest BCUT2D eigenvalue weighted by Crippen LogP contribution is -3.00. The lowest BCUT2D eigenvalue weighted by atomic mass is 10.1. The second-order valence-corrected chi connectivity index (χ2v) is 9.06. The molecule has 1 N–H and O–H groups in total. The van der Waals surface area contributed by atoms with Crippen molar-refractivity contribution in [2.45, 2.75) is 90.9 Å². The molecule has 0 aromatic carbocycles. The summed E-state index contributed by atoms with van der Waals surface area (Å²) in [6, 6.07) is 0. The van der Waals surface area contributed by atoms with Crippen LogP contribution in [0.5, 0.6) is 0 Å². The summed E-state index contributed by atoms with van der Waals surface area (Å²) in [7, 11) is 8.81. The molecule has 0 spiro atoms. The molecular weight excluding hydrogens is 384 g/mol. The largest absolute Gasteiger partial charge is 1.00 e. The van der Waals surface area contributed by atoms with Crippen LogP contribution in [0.15, 0.2) is 0 Å². The average Bonchev–Trinajstić information content (AvgIpc) is 2.65. The van der Waals surface area contributed by atoms with Gasteiger partial charge in [-0.25, -0.2) is 0 Å². The Morgan fingerprint density at radius 3 is 1.66 bits per heavy atom. The number of aliphatic hydroxyl groups excluding tert-OH is 1. The van der Waals surface area contributed by atoms with E-state index in [0.717, 1.165) is 17.6 Å². The number of unbranched alkanes of at least 4 members (excludes halogenated alkanes) is 10. The molecule has 0 radical (unpaired) electrons. The van der Waals surface area contributed by atoms with Crippen LogP contribution in [0.1, 0.15) is 90.9 Å². The molecule has 0 aliphatic heterocycles. The van der Waals surface area contributed by atoms with Gasteiger partial charge in [0.15, 0.2) is 0 Å². The number of aliphatic hydroxyl groups is 1. The molecule has 4 nitrogen and oxygen atoms in total. The third-order valence-corrected chi connectivity index (χ3v) is 5.15. The van der Waals surface area contributed by atoms with Gasteiger partial charge in [0.05, 0.1) is 40.5 Å². The Balaban J connectivity index is -0.000000491. The highest BCUT2D eigenvalue weighted by molar-refractivity contribution is 4.47. The Hall–Kier alpha value is 0.130. The molecule has 0 saturated heterocycles. The number of halogens is 1. The molecule has 0 heterocycles. The lowest BCUT2D eigenvalue weighted by Gasteiger charge is -2.29. The van der Waals surface area contributed by atoms with E-state index in [1.807, 2.05) is 0 Å². The van der Waals surface area contributed by atoms with E-state index in [1.54, 1.807) is 0 Å². The van der Waals surface area contributed by atoms with E-state index in [-0.39, 0.29) is 19.0 Å². The summed E-state index contributed by atoms with van der Waals surface area (Å²) < 4.78 is 6.34. The molecule has 0 atom stereocenters. The van der Waals surface area contributed by atoms with Gasteiger partial charge in [-0.3, -0.25) is 0 Å². The molecule has 0 amide bonds. The van der Waals surface area contributed by atoms with Crippen molar-refractivity contribution in [3.05, 3.63) is 0 Å². The zero-order chi connectivity index (χ0) is 21.5. The summed E-state index contributed by atoms with van der Waals surface area (Å²) >= 11 is 0. The van der Waals surface area contributed by atoms with Crippen LogP contribution in [0.4, 0.5) is 0 Å². The minimum absolute atomic E-state index is 0. The van der Waals surface area contributed by atoms with Gasteiger partial charge in [-0.1, -0.05) is 71.6 Å². The predicted octanol–water partition coefficient (Wildman–Crippen LogP) is 2.34. The molecule has 0 aliphatic rings. The second-order valence-electron chi connectivity index (χ2n) is 9.06.